The van der Waals surface area contributed by atoms with Crippen LogP contribution in [-0.4, -0.2) is 42.1 Å². The molecule has 0 saturated heterocycles. The summed E-state index contributed by atoms with van der Waals surface area (Å²) >= 11 is 0. The van der Waals surface area contributed by atoms with Crippen molar-refractivity contribution in [2.24, 2.45) is 0 Å². The highest BCUT2D eigenvalue weighted by Gasteiger charge is 2.24. The van der Waals surface area contributed by atoms with E-state index in [0.717, 1.165) is 25.7 Å². The molecule has 1 heterocycles. The Morgan fingerprint density at radius 2 is 1.76 bits per heavy atom. The fraction of sp³-hybridized carbons (Fsp3) is 0.611. The van der Waals surface area contributed by atoms with Crippen molar-refractivity contribution in [2.75, 3.05) is 13.2 Å². The van der Waals surface area contributed by atoms with Gasteiger partial charge in [-0.1, -0.05) is 19.3 Å². The predicted octanol–water partition coefficient (Wildman–Crippen LogP) is 2.41. The molecule has 1 aliphatic carbocycles. The number of amides is 1. The number of carbonyl (C=O) groups is 3. The Labute approximate surface area is 147 Å². The number of esters is 2. The zero-order chi connectivity index (χ0) is 18.4. The van der Waals surface area contributed by atoms with Crippen molar-refractivity contribution < 1.29 is 23.9 Å². The second-order valence-corrected chi connectivity index (χ2v) is 6.32. The van der Waals surface area contributed by atoms with Crippen LogP contribution in [0.3, 0.4) is 0 Å². The van der Waals surface area contributed by atoms with Gasteiger partial charge in [0, 0.05) is 11.7 Å². The van der Waals surface area contributed by atoms with E-state index in [1.54, 1.807) is 20.8 Å². The summed E-state index contributed by atoms with van der Waals surface area (Å²) in [6.45, 7) is 4.96. The smallest absolute Gasteiger partial charge is 0.355 e. The maximum Gasteiger partial charge on any atom is 0.355 e. The Morgan fingerprint density at radius 1 is 1.08 bits per heavy atom. The number of aryl methyl sites for hydroxylation is 1. The minimum absolute atomic E-state index is 0.172. The van der Waals surface area contributed by atoms with Gasteiger partial charge in [-0.25, -0.2) is 9.59 Å². The van der Waals surface area contributed by atoms with Crippen LogP contribution in [0.2, 0.25) is 0 Å². The summed E-state index contributed by atoms with van der Waals surface area (Å²) in [4.78, 5) is 39.0. The van der Waals surface area contributed by atoms with E-state index in [2.05, 4.69) is 10.3 Å². The lowest BCUT2D eigenvalue weighted by Crippen LogP contribution is -2.38. The first-order valence-corrected chi connectivity index (χ1v) is 8.76. The summed E-state index contributed by atoms with van der Waals surface area (Å²) in [7, 11) is 0. The number of aromatic amines is 1. The molecule has 2 N–H and O–H groups in total. The molecule has 1 amide bonds. The van der Waals surface area contributed by atoms with Crippen LogP contribution in [0, 0.1) is 13.8 Å². The van der Waals surface area contributed by atoms with Gasteiger partial charge in [0.25, 0.3) is 5.91 Å². The van der Waals surface area contributed by atoms with Crippen LogP contribution in [-0.2, 0) is 14.3 Å². The quantitative estimate of drug-likeness (QED) is 0.768. The summed E-state index contributed by atoms with van der Waals surface area (Å²) in [5, 5.41) is 2.90. The van der Waals surface area contributed by atoms with Crippen LogP contribution in [0.5, 0.6) is 0 Å². The molecule has 7 nitrogen and oxygen atoms in total. The van der Waals surface area contributed by atoms with E-state index in [-0.39, 0.29) is 36.4 Å². The monoisotopic (exact) mass is 350 g/mol. The highest BCUT2D eigenvalue weighted by Crippen LogP contribution is 2.20. The maximum atomic E-state index is 12.3. The molecule has 0 spiro atoms. The Balaban J connectivity index is 1.94. The number of aromatic nitrogens is 1. The van der Waals surface area contributed by atoms with Crippen molar-refractivity contribution >= 4 is 17.8 Å². The average molecular weight is 350 g/mol. The summed E-state index contributed by atoms with van der Waals surface area (Å²) in [6.07, 6.45) is 5.37. The number of nitrogens with one attached hydrogen (secondary N) is 2. The van der Waals surface area contributed by atoms with Crippen LogP contribution >= 0.6 is 0 Å². The highest BCUT2D eigenvalue weighted by atomic mass is 16.5. The molecule has 1 aromatic rings. The summed E-state index contributed by atoms with van der Waals surface area (Å²) in [6, 6.07) is 0.172. The first-order valence-electron chi connectivity index (χ1n) is 8.76. The summed E-state index contributed by atoms with van der Waals surface area (Å²) in [5.74, 6) is -1.44. The SMILES string of the molecule is CCOC(=O)c1[nH]c(C)c(C(=O)OCC(=O)NC2CCCCC2)c1C. The molecule has 1 aromatic heterocycles. The van der Waals surface area contributed by atoms with Gasteiger partial charge < -0.3 is 19.8 Å². The number of hydrogen-bond acceptors (Lipinski definition) is 5. The molecule has 0 radical (unpaired) electrons. The molecular formula is C18H26N2O5. The first-order chi connectivity index (χ1) is 11.9. The van der Waals surface area contributed by atoms with Crippen LogP contribution in [0.4, 0.5) is 0 Å². The Kier molecular flexibility index (Phi) is 6.61. The van der Waals surface area contributed by atoms with E-state index in [0.29, 0.717) is 11.3 Å². The molecule has 1 saturated carbocycles. The predicted molar refractivity (Wildman–Crippen MR) is 91.5 cm³/mol. The van der Waals surface area contributed by atoms with E-state index < -0.39 is 11.9 Å². The zero-order valence-electron chi connectivity index (χ0n) is 15.1. The Hall–Kier alpha value is -2.31. The molecule has 0 unspecified atom stereocenters. The number of rotatable bonds is 6. The topological polar surface area (TPSA) is 97.5 Å². The highest BCUT2D eigenvalue weighted by molar-refractivity contribution is 5.99. The van der Waals surface area contributed by atoms with Gasteiger partial charge in [0.1, 0.15) is 5.69 Å². The lowest BCUT2D eigenvalue weighted by atomic mass is 9.95. The van der Waals surface area contributed by atoms with Gasteiger partial charge in [-0.15, -0.1) is 0 Å². The van der Waals surface area contributed by atoms with Crippen molar-refractivity contribution in [2.45, 2.75) is 58.9 Å². The Bertz CT molecular complexity index is 644. The molecule has 0 aromatic carbocycles. The second-order valence-electron chi connectivity index (χ2n) is 6.32. The van der Waals surface area contributed by atoms with Crippen molar-refractivity contribution in [3.63, 3.8) is 0 Å². The van der Waals surface area contributed by atoms with E-state index in [4.69, 9.17) is 9.47 Å². The molecule has 0 aliphatic heterocycles. The molecule has 138 valence electrons. The van der Waals surface area contributed by atoms with Gasteiger partial charge in [0.05, 0.1) is 12.2 Å². The third kappa shape index (κ3) is 4.84. The van der Waals surface area contributed by atoms with Gasteiger partial charge in [-0.2, -0.15) is 0 Å². The van der Waals surface area contributed by atoms with Gasteiger partial charge in [0.2, 0.25) is 0 Å². The minimum Gasteiger partial charge on any atom is -0.461 e. The summed E-state index contributed by atoms with van der Waals surface area (Å²) < 4.78 is 10.1. The third-order valence-corrected chi connectivity index (χ3v) is 4.43. The van der Waals surface area contributed by atoms with Crippen LogP contribution in [0.1, 0.15) is 71.1 Å². The van der Waals surface area contributed by atoms with Gasteiger partial charge in [0.15, 0.2) is 6.61 Å². The fourth-order valence-corrected chi connectivity index (χ4v) is 3.18. The lowest BCUT2D eigenvalue weighted by molar-refractivity contribution is -0.125. The molecule has 1 fully saturated rings. The number of carbonyl (C=O) groups excluding carboxylic acids is 3. The number of H-pyrrole nitrogens is 1. The standard InChI is InChI=1S/C18H26N2O5/c1-4-24-18(23)16-11(2)15(12(3)19-16)17(22)25-10-14(21)20-13-8-6-5-7-9-13/h13,19H,4-10H2,1-3H3,(H,20,21). The zero-order valence-corrected chi connectivity index (χ0v) is 15.1. The number of ether oxygens (including phenoxy) is 2. The van der Waals surface area contributed by atoms with Gasteiger partial charge in [-0.05, 0) is 39.2 Å². The van der Waals surface area contributed by atoms with Crippen molar-refractivity contribution in [1.82, 2.24) is 10.3 Å². The number of hydrogen-bond donors (Lipinski definition) is 2. The van der Waals surface area contributed by atoms with E-state index in [1.165, 1.54) is 6.42 Å². The van der Waals surface area contributed by atoms with Crippen LogP contribution in [0.25, 0.3) is 0 Å². The molecular weight excluding hydrogens is 324 g/mol. The minimum atomic E-state index is -0.624. The van der Waals surface area contributed by atoms with Gasteiger partial charge in [-0.3, -0.25) is 4.79 Å². The molecule has 1 aliphatic rings. The largest absolute Gasteiger partial charge is 0.461 e. The third-order valence-electron chi connectivity index (χ3n) is 4.43. The summed E-state index contributed by atoms with van der Waals surface area (Å²) in [5.41, 5.74) is 1.48. The van der Waals surface area contributed by atoms with Crippen molar-refractivity contribution in [3.8, 4) is 0 Å². The molecule has 0 atom stereocenters. The fourth-order valence-electron chi connectivity index (χ4n) is 3.18. The molecule has 7 heteroatoms. The molecule has 2 rings (SSSR count). The normalized spacial score (nSPS) is 14.8. The van der Waals surface area contributed by atoms with E-state index >= 15 is 0 Å². The first kappa shape index (κ1) is 19.0. The lowest BCUT2D eigenvalue weighted by Gasteiger charge is -2.22. The molecule has 25 heavy (non-hydrogen) atoms. The van der Waals surface area contributed by atoms with Crippen molar-refractivity contribution in [3.05, 3.63) is 22.5 Å². The Morgan fingerprint density at radius 3 is 2.40 bits per heavy atom. The second kappa shape index (κ2) is 8.69. The molecule has 0 bridgehead atoms. The average Bonchev–Trinajstić information content (AvgIpc) is 2.88. The van der Waals surface area contributed by atoms with Crippen LogP contribution in [0.15, 0.2) is 0 Å². The van der Waals surface area contributed by atoms with E-state index in [1.807, 2.05) is 0 Å². The maximum absolute atomic E-state index is 12.3. The van der Waals surface area contributed by atoms with Gasteiger partial charge >= 0.3 is 11.9 Å². The van der Waals surface area contributed by atoms with Crippen LogP contribution < -0.4 is 5.32 Å². The van der Waals surface area contributed by atoms with E-state index in [9.17, 15) is 14.4 Å². The van der Waals surface area contributed by atoms with Crippen molar-refractivity contribution in [1.29, 1.82) is 0 Å².